The zero-order valence-corrected chi connectivity index (χ0v) is 14.3. The van der Waals surface area contributed by atoms with E-state index in [1.54, 1.807) is 0 Å². The maximum atomic E-state index is 2.23. The van der Waals surface area contributed by atoms with Crippen LogP contribution in [-0.4, -0.2) is 0 Å². The topological polar surface area (TPSA) is 0 Å². The molecule has 1 heteroatoms. The summed E-state index contributed by atoms with van der Waals surface area (Å²) in [7, 11) is 0. The van der Waals surface area contributed by atoms with Gasteiger partial charge in [0, 0.05) is 0 Å². The minimum atomic E-state index is 0. The molecule has 0 spiro atoms. The molecule has 0 aromatic heterocycles. The van der Waals surface area contributed by atoms with Crippen molar-refractivity contribution in [3.8, 4) is 0 Å². The summed E-state index contributed by atoms with van der Waals surface area (Å²) in [6, 6.07) is 17.1. The molecule has 106 valence electrons. The fourth-order valence-electron chi connectivity index (χ4n) is 1.84. The predicted octanol–water partition coefficient (Wildman–Crippen LogP) is 5.45. The second-order valence-corrected chi connectivity index (χ2v) is 5.82. The van der Waals surface area contributed by atoms with E-state index in [1.165, 1.54) is 30.4 Å². The number of hydrogen-bond acceptors (Lipinski definition) is 0. The Morgan fingerprint density at radius 3 is 2.00 bits per heavy atom. The molecular formula is C18H26Ru. The molecule has 2 rings (SSSR count). The fraction of sp³-hybridized carbons (Fsp3) is 0.444. The van der Waals surface area contributed by atoms with Crippen LogP contribution in [0.25, 0.3) is 0 Å². The molecule has 19 heavy (non-hydrogen) atoms. The Morgan fingerprint density at radius 1 is 1.00 bits per heavy atom. The summed E-state index contributed by atoms with van der Waals surface area (Å²) in [6.45, 7) is 8.90. The first-order chi connectivity index (χ1) is 8.54. The smallest absolute Gasteiger partial charge is 0.213 e. The second-order valence-electron chi connectivity index (χ2n) is 5.82. The van der Waals surface area contributed by atoms with Crippen LogP contribution < -0.4 is 0 Å². The molecule has 0 heterocycles. The van der Waals surface area contributed by atoms with Gasteiger partial charge in [0.05, 0.1) is 0 Å². The standard InChI is InChI=1S/2C9H13.Ru/c1-9(2,3)8-6-4-5-7-8;1-2-3-6-9-7-4-5-8-9;/h4-7H,1-3H3;4-5,7-8H,2-3,6H2,1H3;/q2*-1;+2. The van der Waals surface area contributed by atoms with Crippen molar-refractivity contribution in [3.05, 3.63) is 59.7 Å². The molecule has 0 amide bonds. The number of hydrogen-bond donors (Lipinski definition) is 0. The maximum Gasteiger partial charge on any atom is 2.00 e. The Balaban J connectivity index is 0.000000324. The molecule has 0 fully saturated rings. The van der Waals surface area contributed by atoms with Gasteiger partial charge in [0.2, 0.25) is 0 Å². The van der Waals surface area contributed by atoms with Crippen LogP contribution in [0.5, 0.6) is 0 Å². The largest absolute Gasteiger partial charge is 2.00 e. The van der Waals surface area contributed by atoms with E-state index in [1.807, 2.05) is 0 Å². The Hall–Kier alpha value is -0.677. The van der Waals surface area contributed by atoms with Crippen molar-refractivity contribution in [2.75, 3.05) is 0 Å². The summed E-state index contributed by atoms with van der Waals surface area (Å²) in [5.41, 5.74) is 3.23. The molecular weight excluding hydrogens is 317 g/mol. The van der Waals surface area contributed by atoms with Crippen LogP contribution in [0, 0.1) is 0 Å². The minimum absolute atomic E-state index is 0. The quantitative estimate of drug-likeness (QED) is 0.513. The van der Waals surface area contributed by atoms with Gasteiger partial charge in [-0.3, -0.25) is 0 Å². The Bertz CT molecular complexity index is 387. The van der Waals surface area contributed by atoms with E-state index < -0.39 is 0 Å². The monoisotopic (exact) mass is 344 g/mol. The normalized spacial score (nSPS) is 10.3. The predicted molar refractivity (Wildman–Crippen MR) is 81.4 cm³/mol. The molecule has 0 bridgehead atoms. The van der Waals surface area contributed by atoms with Crippen molar-refractivity contribution in [2.24, 2.45) is 0 Å². The van der Waals surface area contributed by atoms with E-state index in [0.717, 1.165) is 0 Å². The summed E-state index contributed by atoms with van der Waals surface area (Å²) in [5, 5.41) is 0. The Morgan fingerprint density at radius 2 is 1.63 bits per heavy atom. The van der Waals surface area contributed by atoms with E-state index in [9.17, 15) is 0 Å². The summed E-state index contributed by atoms with van der Waals surface area (Å²) < 4.78 is 0. The van der Waals surface area contributed by atoms with Crippen molar-refractivity contribution in [2.45, 2.75) is 52.4 Å². The van der Waals surface area contributed by atoms with E-state index >= 15 is 0 Å². The molecule has 0 radical (unpaired) electrons. The number of unbranched alkanes of at least 4 members (excludes halogenated alkanes) is 1. The molecule has 0 aliphatic carbocycles. The summed E-state index contributed by atoms with van der Waals surface area (Å²) in [4.78, 5) is 0. The van der Waals surface area contributed by atoms with Gasteiger partial charge >= 0.3 is 19.5 Å². The van der Waals surface area contributed by atoms with Crippen LogP contribution >= 0.6 is 0 Å². The minimum Gasteiger partial charge on any atom is -0.213 e. The van der Waals surface area contributed by atoms with Crippen molar-refractivity contribution < 1.29 is 19.5 Å². The summed E-state index contributed by atoms with van der Waals surface area (Å²) in [5.74, 6) is 0. The Labute approximate surface area is 131 Å². The van der Waals surface area contributed by atoms with E-state index in [0.29, 0.717) is 5.41 Å². The SMILES string of the molecule is CC(C)(C)c1ccc[cH-]1.CCCCc1ccc[cH-]1.[Ru+2]. The molecule has 0 N–H and O–H groups in total. The van der Waals surface area contributed by atoms with Crippen LogP contribution in [0.4, 0.5) is 0 Å². The zero-order chi connectivity index (χ0) is 13.4. The van der Waals surface area contributed by atoms with Gasteiger partial charge in [-0.15, -0.1) is 0 Å². The second kappa shape index (κ2) is 9.26. The first kappa shape index (κ1) is 18.3. The first-order valence-corrected chi connectivity index (χ1v) is 6.97. The van der Waals surface area contributed by atoms with Crippen molar-refractivity contribution in [3.63, 3.8) is 0 Å². The van der Waals surface area contributed by atoms with Gasteiger partial charge in [-0.05, 0) is 5.41 Å². The van der Waals surface area contributed by atoms with Gasteiger partial charge in [0.1, 0.15) is 0 Å². The van der Waals surface area contributed by atoms with Gasteiger partial charge < -0.3 is 0 Å². The number of rotatable bonds is 3. The third kappa shape index (κ3) is 7.48. The van der Waals surface area contributed by atoms with Crippen LogP contribution in [0.1, 0.15) is 51.7 Å². The third-order valence-electron chi connectivity index (χ3n) is 3.08. The molecule has 0 saturated carbocycles. The average molecular weight is 343 g/mol. The van der Waals surface area contributed by atoms with Gasteiger partial charge in [-0.1, -0.05) is 47.0 Å². The van der Waals surface area contributed by atoms with Crippen molar-refractivity contribution in [1.82, 2.24) is 0 Å². The van der Waals surface area contributed by atoms with E-state index in [2.05, 4.69) is 76.2 Å². The summed E-state index contributed by atoms with van der Waals surface area (Å²) >= 11 is 0. The Kier molecular flexibility index (Phi) is 8.93. The van der Waals surface area contributed by atoms with E-state index in [-0.39, 0.29) is 19.5 Å². The van der Waals surface area contributed by atoms with Crippen LogP contribution in [0.15, 0.2) is 48.5 Å². The maximum absolute atomic E-state index is 2.23. The van der Waals surface area contributed by atoms with E-state index in [4.69, 9.17) is 0 Å². The number of aryl methyl sites for hydroxylation is 1. The first-order valence-electron chi connectivity index (χ1n) is 6.97. The van der Waals surface area contributed by atoms with Crippen LogP contribution in [0.2, 0.25) is 0 Å². The zero-order valence-electron chi connectivity index (χ0n) is 12.6. The van der Waals surface area contributed by atoms with Gasteiger partial charge in [-0.25, -0.2) is 24.3 Å². The summed E-state index contributed by atoms with van der Waals surface area (Å²) in [6.07, 6.45) is 3.87. The molecule has 2 aromatic carbocycles. The molecule has 0 aliphatic rings. The molecule has 0 unspecified atom stereocenters. The van der Waals surface area contributed by atoms with Crippen LogP contribution in [-0.2, 0) is 31.3 Å². The van der Waals surface area contributed by atoms with Gasteiger partial charge in [0.25, 0.3) is 0 Å². The van der Waals surface area contributed by atoms with Gasteiger partial charge in [-0.2, -0.15) is 35.4 Å². The van der Waals surface area contributed by atoms with Crippen molar-refractivity contribution in [1.29, 1.82) is 0 Å². The van der Waals surface area contributed by atoms with Gasteiger partial charge in [0.15, 0.2) is 0 Å². The molecule has 2 aromatic rings. The molecule has 0 nitrogen and oxygen atoms in total. The molecule has 0 aliphatic heterocycles. The third-order valence-corrected chi connectivity index (χ3v) is 3.08. The average Bonchev–Trinajstić information content (AvgIpc) is 2.99. The fourth-order valence-corrected chi connectivity index (χ4v) is 1.84. The molecule has 0 atom stereocenters. The molecule has 0 saturated heterocycles. The van der Waals surface area contributed by atoms with Crippen molar-refractivity contribution >= 4 is 0 Å². The van der Waals surface area contributed by atoms with Crippen LogP contribution in [0.3, 0.4) is 0 Å².